The molecule has 0 saturated carbocycles. The Morgan fingerprint density at radius 3 is 2.75 bits per heavy atom. The summed E-state index contributed by atoms with van der Waals surface area (Å²) >= 11 is 0. The lowest BCUT2D eigenvalue weighted by molar-refractivity contribution is -0.111. The van der Waals surface area contributed by atoms with E-state index in [1.54, 1.807) is 12.1 Å². The molecule has 0 saturated heterocycles. The van der Waals surface area contributed by atoms with E-state index in [9.17, 15) is 9.18 Å². The molecule has 1 amide bonds. The summed E-state index contributed by atoms with van der Waals surface area (Å²) in [6.45, 7) is 1.95. The van der Waals surface area contributed by atoms with Crippen LogP contribution in [0.25, 0.3) is 6.08 Å². The van der Waals surface area contributed by atoms with E-state index in [0.717, 1.165) is 11.3 Å². The molecule has 0 radical (unpaired) electrons. The first-order valence-electron chi connectivity index (χ1n) is 6.15. The van der Waals surface area contributed by atoms with Crippen LogP contribution in [0.5, 0.6) is 0 Å². The number of carbonyl (C=O) groups is 1. The van der Waals surface area contributed by atoms with E-state index in [4.69, 9.17) is 5.73 Å². The second-order valence-electron chi connectivity index (χ2n) is 4.47. The van der Waals surface area contributed by atoms with Gasteiger partial charge in [0.1, 0.15) is 5.82 Å². The molecule has 3 nitrogen and oxygen atoms in total. The summed E-state index contributed by atoms with van der Waals surface area (Å²) in [5.74, 6) is -0.718. The standard InChI is InChI=1S/C16H15FN2O/c1-11-3-2-4-13(9-11)19-16(20)8-6-12-5-7-14(17)15(18)10-12/h2-10H,18H2,1H3,(H,19,20)/b8-6+. The number of carbonyl (C=O) groups excluding carboxylic acids is 1. The molecule has 0 aliphatic carbocycles. The fourth-order valence-electron chi connectivity index (χ4n) is 1.74. The van der Waals surface area contributed by atoms with E-state index >= 15 is 0 Å². The zero-order valence-electron chi connectivity index (χ0n) is 11.1. The molecule has 2 aromatic rings. The summed E-state index contributed by atoms with van der Waals surface area (Å²) in [4.78, 5) is 11.7. The highest BCUT2D eigenvalue weighted by atomic mass is 19.1. The maximum atomic E-state index is 13.0. The van der Waals surface area contributed by atoms with Crippen LogP contribution in [0.3, 0.4) is 0 Å². The van der Waals surface area contributed by atoms with Crippen LogP contribution in [-0.4, -0.2) is 5.91 Å². The van der Waals surface area contributed by atoms with Gasteiger partial charge in [-0.2, -0.15) is 0 Å². The van der Waals surface area contributed by atoms with Crippen molar-refractivity contribution < 1.29 is 9.18 Å². The molecular weight excluding hydrogens is 255 g/mol. The maximum absolute atomic E-state index is 13.0. The molecule has 0 atom stereocenters. The van der Waals surface area contributed by atoms with Gasteiger partial charge in [-0.1, -0.05) is 18.2 Å². The van der Waals surface area contributed by atoms with E-state index in [2.05, 4.69) is 5.32 Å². The number of nitrogens with one attached hydrogen (secondary N) is 1. The quantitative estimate of drug-likeness (QED) is 0.663. The maximum Gasteiger partial charge on any atom is 0.248 e. The van der Waals surface area contributed by atoms with Crippen molar-refractivity contribution >= 4 is 23.4 Å². The van der Waals surface area contributed by atoms with Gasteiger partial charge in [0.25, 0.3) is 0 Å². The average molecular weight is 270 g/mol. The third-order valence-electron chi connectivity index (χ3n) is 2.73. The van der Waals surface area contributed by atoms with Crippen LogP contribution >= 0.6 is 0 Å². The van der Waals surface area contributed by atoms with Gasteiger partial charge in [0, 0.05) is 11.8 Å². The third kappa shape index (κ3) is 3.68. The smallest absolute Gasteiger partial charge is 0.248 e. The molecule has 0 bridgehead atoms. The Kier molecular flexibility index (Phi) is 4.15. The number of halogens is 1. The molecular formula is C16H15FN2O. The summed E-state index contributed by atoms with van der Waals surface area (Å²) in [7, 11) is 0. The van der Waals surface area contributed by atoms with E-state index < -0.39 is 5.82 Å². The van der Waals surface area contributed by atoms with Gasteiger partial charge < -0.3 is 11.1 Å². The van der Waals surface area contributed by atoms with Gasteiger partial charge in [-0.05, 0) is 48.4 Å². The molecule has 2 rings (SSSR count). The first-order chi connectivity index (χ1) is 9.54. The van der Waals surface area contributed by atoms with E-state index in [0.29, 0.717) is 5.56 Å². The van der Waals surface area contributed by atoms with Crippen molar-refractivity contribution in [2.45, 2.75) is 6.92 Å². The van der Waals surface area contributed by atoms with Crippen molar-refractivity contribution in [1.82, 2.24) is 0 Å². The molecule has 0 aliphatic heterocycles. The van der Waals surface area contributed by atoms with Gasteiger partial charge in [-0.15, -0.1) is 0 Å². The highest BCUT2D eigenvalue weighted by Crippen LogP contribution is 2.14. The number of hydrogen-bond donors (Lipinski definition) is 2. The summed E-state index contributed by atoms with van der Waals surface area (Å²) in [6.07, 6.45) is 2.97. The minimum atomic E-state index is -0.466. The van der Waals surface area contributed by atoms with Crippen LogP contribution in [0.1, 0.15) is 11.1 Å². The van der Waals surface area contributed by atoms with Crippen LogP contribution in [0, 0.1) is 12.7 Å². The molecule has 20 heavy (non-hydrogen) atoms. The number of rotatable bonds is 3. The van der Waals surface area contributed by atoms with E-state index in [1.165, 1.54) is 18.2 Å². The molecule has 2 aromatic carbocycles. The topological polar surface area (TPSA) is 55.1 Å². The van der Waals surface area contributed by atoms with Crippen molar-refractivity contribution in [3.63, 3.8) is 0 Å². The first kappa shape index (κ1) is 13.8. The minimum Gasteiger partial charge on any atom is -0.396 e. The first-order valence-corrected chi connectivity index (χ1v) is 6.15. The highest BCUT2D eigenvalue weighted by Gasteiger charge is 2.00. The van der Waals surface area contributed by atoms with Gasteiger partial charge in [0.2, 0.25) is 5.91 Å². The third-order valence-corrected chi connectivity index (χ3v) is 2.73. The lowest BCUT2D eigenvalue weighted by Crippen LogP contribution is -2.07. The molecule has 102 valence electrons. The number of aryl methyl sites for hydroxylation is 1. The summed E-state index contributed by atoms with van der Waals surface area (Å²) in [5, 5.41) is 2.75. The van der Waals surface area contributed by atoms with Crippen molar-refractivity contribution in [1.29, 1.82) is 0 Å². The van der Waals surface area contributed by atoms with Crippen LogP contribution in [0.15, 0.2) is 48.5 Å². The number of amides is 1. The molecule has 0 fully saturated rings. The second kappa shape index (κ2) is 6.02. The molecule has 3 N–H and O–H groups in total. The molecule has 0 unspecified atom stereocenters. The zero-order valence-corrected chi connectivity index (χ0v) is 11.1. The fraction of sp³-hybridized carbons (Fsp3) is 0.0625. The zero-order chi connectivity index (χ0) is 14.5. The Hall–Kier alpha value is -2.62. The predicted octanol–water partition coefficient (Wildman–Crippen LogP) is 3.37. The lowest BCUT2D eigenvalue weighted by Gasteiger charge is -2.03. The molecule has 0 aliphatic rings. The largest absolute Gasteiger partial charge is 0.396 e. The van der Waals surface area contributed by atoms with Crippen LogP contribution in [0.2, 0.25) is 0 Å². The molecule has 4 heteroatoms. The normalized spacial score (nSPS) is 10.7. The van der Waals surface area contributed by atoms with Gasteiger partial charge in [0.05, 0.1) is 5.69 Å². The predicted molar refractivity (Wildman–Crippen MR) is 79.7 cm³/mol. The number of nitrogens with two attached hydrogens (primary N) is 1. The van der Waals surface area contributed by atoms with Crippen molar-refractivity contribution in [2.75, 3.05) is 11.1 Å². The molecule has 0 aromatic heterocycles. The van der Waals surface area contributed by atoms with Gasteiger partial charge in [0.15, 0.2) is 0 Å². The van der Waals surface area contributed by atoms with Gasteiger partial charge in [-0.25, -0.2) is 4.39 Å². The van der Waals surface area contributed by atoms with E-state index in [1.807, 2.05) is 31.2 Å². The number of hydrogen-bond acceptors (Lipinski definition) is 2. The fourth-order valence-corrected chi connectivity index (χ4v) is 1.74. The molecule has 0 heterocycles. The number of benzene rings is 2. The lowest BCUT2D eigenvalue weighted by atomic mass is 10.2. The van der Waals surface area contributed by atoms with Crippen molar-refractivity contribution in [2.24, 2.45) is 0 Å². The second-order valence-corrected chi connectivity index (χ2v) is 4.47. The van der Waals surface area contributed by atoms with Crippen LogP contribution in [-0.2, 0) is 4.79 Å². The van der Waals surface area contributed by atoms with Gasteiger partial charge in [-0.3, -0.25) is 4.79 Å². The monoisotopic (exact) mass is 270 g/mol. The highest BCUT2D eigenvalue weighted by molar-refractivity contribution is 6.02. The Morgan fingerprint density at radius 2 is 2.05 bits per heavy atom. The Bertz CT molecular complexity index is 665. The van der Waals surface area contributed by atoms with Gasteiger partial charge >= 0.3 is 0 Å². The van der Waals surface area contributed by atoms with Crippen LogP contribution < -0.4 is 11.1 Å². The molecule has 0 spiro atoms. The van der Waals surface area contributed by atoms with Crippen molar-refractivity contribution in [3.05, 3.63) is 65.5 Å². The summed E-state index contributed by atoms with van der Waals surface area (Å²) in [6, 6.07) is 11.8. The average Bonchev–Trinajstić information content (AvgIpc) is 2.40. The van der Waals surface area contributed by atoms with E-state index in [-0.39, 0.29) is 11.6 Å². The Balaban J connectivity index is 2.03. The summed E-state index contributed by atoms with van der Waals surface area (Å²) in [5.41, 5.74) is 7.99. The number of anilines is 2. The minimum absolute atomic E-state index is 0.0613. The summed E-state index contributed by atoms with van der Waals surface area (Å²) < 4.78 is 13.0. The SMILES string of the molecule is Cc1cccc(NC(=O)/C=C/c2ccc(F)c(N)c2)c1. The Labute approximate surface area is 116 Å². The number of nitrogen functional groups attached to an aromatic ring is 1. The Morgan fingerprint density at radius 1 is 1.25 bits per heavy atom. The van der Waals surface area contributed by atoms with Crippen LogP contribution in [0.4, 0.5) is 15.8 Å². The van der Waals surface area contributed by atoms with Crippen molar-refractivity contribution in [3.8, 4) is 0 Å².